The molecule has 47 heavy (non-hydrogen) atoms. The predicted molar refractivity (Wildman–Crippen MR) is 181 cm³/mol. The molecule has 1 aliphatic rings. The Kier molecular flexibility index (Phi) is 10.6. The van der Waals surface area contributed by atoms with E-state index in [4.69, 9.17) is 9.47 Å². The van der Waals surface area contributed by atoms with E-state index in [0.29, 0.717) is 24.0 Å². The molecule has 4 unspecified atom stereocenters. The van der Waals surface area contributed by atoms with Crippen LogP contribution >= 0.6 is 11.8 Å². The maximum absolute atomic E-state index is 11.9. The van der Waals surface area contributed by atoms with Crippen LogP contribution in [0.15, 0.2) is 108 Å². The number of amides is 2. The molecule has 0 aliphatic carbocycles. The number of hydrogen-bond acceptors (Lipinski definition) is 8. The van der Waals surface area contributed by atoms with Crippen LogP contribution in [0.2, 0.25) is 0 Å². The highest BCUT2D eigenvalue weighted by atomic mass is 32.2. The maximum Gasteiger partial charge on any atom is 0.315 e. The Hall–Kier alpha value is -4.55. The lowest BCUT2D eigenvalue weighted by atomic mass is 9.91. The molecular formula is C36H38N6O4S. The average molecular weight is 651 g/mol. The maximum atomic E-state index is 11.9. The van der Waals surface area contributed by atoms with Gasteiger partial charge in [0.1, 0.15) is 0 Å². The van der Waals surface area contributed by atoms with E-state index in [9.17, 15) is 9.90 Å². The number of urea groups is 1. The van der Waals surface area contributed by atoms with Gasteiger partial charge < -0.3 is 25.2 Å². The third-order valence-electron chi connectivity index (χ3n) is 8.15. The van der Waals surface area contributed by atoms with Gasteiger partial charge in [-0.2, -0.15) is 4.68 Å². The number of carbonyl (C=O) groups is 1. The number of nitrogens with one attached hydrogen (secondary N) is 2. The van der Waals surface area contributed by atoms with Crippen LogP contribution in [0.3, 0.4) is 0 Å². The van der Waals surface area contributed by atoms with Crippen LogP contribution in [-0.2, 0) is 22.6 Å². The zero-order valence-corrected chi connectivity index (χ0v) is 27.1. The molecule has 10 nitrogen and oxygen atoms in total. The Bertz CT molecular complexity index is 1770. The molecule has 4 atom stereocenters. The molecule has 2 heterocycles. The van der Waals surface area contributed by atoms with Crippen LogP contribution in [0.5, 0.6) is 0 Å². The first-order valence-corrected chi connectivity index (χ1v) is 16.7. The van der Waals surface area contributed by atoms with Crippen molar-refractivity contribution in [1.82, 2.24) is 30.8 Å². The summed E-state index contributed by atoms with van der Waals surface area (Å²) in [5.74, 6) is 0.622. The van der Waals surface area contributed by atoms with Crippen molar-refractivity contribution in [2.45, 2.75) is 50.7 Å². The topological polar surface area (TPSA) is 123 Å². The van der Waals surface area contributed by atoms with E-state index in [1.807, 2.05) is 85.8 Å². The number of thioether (sulfide) groups is 1. The van der Waals surface area contributed by atoms with Crippen molar-refractivity contribution in [3.8, 4) is 16.8 Å². The lowest BCUT2D eigenvalue weighted by Crippen LogP contribution is -2.38. The van der Waals surface area contributed by atoms with Crippen LogP contribution in [0.4, 0.5) is 4.79 Å². The summed E-state index contributed by atoms with van der Waals surface area (Å²) in [4.78, 5) is 11.9. The number of carbonyl (C=O) groups excluding carboxylic acids is 1. The molecule has 0 radical (unpaired) electrons. The van der Waals surface area contributed by atoms with Gasteiger partial charge in [-0.25, -0.2) is 4.79 Å². The first kappa shape index (κ1) is 32.4. The second kappa shape index (κ2) is 15.4. The molecule has 0 bridgehead atoms. The minimum Gasteiger partial charge on any atom is -0.392 e. The average Bonchev–Trinajstić information content (AvgIpc) is 3.60. The smallest absolute Gasteiger partial charge is 0.315 e. The summed E-state index contributed by atoms with van der Waals surface area (Å²) in [5, 5.41) is 28.4. The number of aliphatic hydroxyl groups is 1. The quantitative estimate of drug-likeness (QED) is 0.144. The SMILES string of the molecule is CCNC(=O)NCc1cccc(-c2cccc(C3OC(CSc4nnnn4-c4ccccc4)C(C)C(c4ccc(CO)cc4)O3)c2)c1. The highest BCUT2D eigenvalue weighted by Crippen LogP contribution is 2.43. The van der Waals surface area contributed by atoms with Gasteiger partial charge in [-0.15, -0.1) is 5.10 Å². The third kappa shape index (κ3) is 7.88. The van der Waals surface area contributed by atoms with Crippen LogP contribution in [-0.4, -0.2) is 49.7 Å². The normalized spacial score (nSPS) is 19.3. The molecule has 6 rings (SSSR count). The number of tetrazole rings is 1. The molecule has 1 aliphatic heterocycles. The Morgan fingerprint density at radius 2 is 1.64 bits per heavy atom. The second-order valence-corrected chi connectivity index (χ2v) is 12.4. The number of para-hydroxylation sites is 1. The molecule has 242 valence electrons. The minimum atomic E-state index is -0.619. The number of ether oxygens (including phenoxy) is 2. The van der Waals surface area contributed by atoms with Crippen molar-refractivity contribution in [2.75, 3.05) is 12.3 Å². The summed E-state index contributed by atoms with van der Waals surface area (Å²) in [7, 11) is 0. The number of benzene rings is 4. The lowest BCUT2D eigenvalue weighted by Gasteiger charge is -2.41. The first-order valence-electron chi connectivity index (χ1n) is 15.7. The van der Waals surface area contributed by atoms with Crippen LogP contribution in [0, 0.1) is 5.92 Å². The lowest BCUT2D eigenvalue weighted by molar-refractivity contribution is -0.268. The number of rotatable bonds is 11. The van der Waals surface area contributed by atoms with Crippen LogP contribution in [0.25, 0.3) is 16.8 Å². The first-order chi connectivity index (χ1) is 23.0. The Morgan fingerprint density at radius 3 is 2.40 bits per heavy atom. The van der Waals surface area contributed by atoms with Crippen molar-refractivity contribution in [1.29, 1.82) is 0 Å². The van der Waals surface area contributed by atoms with Gasteiger partial charge in [0.2, 0.25) is 5.16 Å². The van der Waals surface area contributed by atoms with E-state index in [-0.39, 0.29) is 30.8 Å². The molecule has 0 saturated carbocycles. The number of aromatic nitrogens is 4. The summed E-state index contributed by atoms with van der Waals surface area (Å²) >= 11 is 1.55. The van der Waals surface area contributed by atoms with Gasteiger partial charge >= 0.3 is 6.03 Å². The van der Waals surface area contributed by atoms with E-state index in [2.05, 4.69) is 57.3 Å². The molecule has 5 aromatic rings. The molecule has 1 saturated heterocycles. The van der Waals surface area contributed by atoms with E-state index < -0.39 is 6.29 Å². The van der Waals surface area contributed by atoms with Gasteiger partial charge in [-0.05, 0) is 69.4 Å². The Morgan fingerprint density at radius 1 is 0.872 bits per heavy atom. The van der Waals surface area contributed by atoms with Crippen LogP contribution < -0.4 is 10.6 Å². The molecule has 4 aromatic carbocycles. The number of hydrogen-bond donors (Lipinski definition) is 3. The fourth-order valence-electron chi connectivity index (χ4n) is 5.60. The molecule has 0 spiro atoms. The monoisotopic (exact) mass is 650 g/mol. The number of aliphatic hydroxyl groups excluding tert-OH is 1. The number of nitrogens with zero attached hydrogens (tertiary/aromatic N) is 4. The van der Waals surface area contributed by atoms with Gasteiger partial charge in [0.05, 0.1) is 24.5 Å². The van der Waals surface area contributed by atoms with Gasteiger partial charge in [-0.3, -0.25) is 0 Å². The molecule has 1 aromatic heterocycles. The van der Waals surface area contributed by atoms with Crippen molar-refractivity contribution in [3.05, 3.63) is 125 Å². The summed E-state index contributed by atoms with van der Waals surface area (Å²) in [6.07, 6.45) is -1.05. The van der Waals surface area contributed by atoms with E-state index >= 15 is 0 Å². The predicted octanol–water partition coefficient (Wildman–Crippen LogP) is 6.22. The molecule has 11 heteroatoms. The second-order valence-electron chi connectivity index (χ2n) is 11.4. The molecule has 2 amide bonds. The highest BCUT2D eigenvalue weighted by molar-refractivity contribution is 7.99. The highest BCUT2D eigenvalue weighted by Gasteiger charge is 2.38. The minimum absolute atomic E-state index is 0.0112. The van der Waals surface area contributed by atoms with Gasteiger partial charge in [0.25, 0.3) is 0 Å². The fraction of sp³-hybridized carbons (Fsp3) is 0.278. The van der Waals surface area contributed by atoms with Gasteiger partial charge in [-0.1, -0.05) is 97.5 Å². The summed E-state index contributed by atoms with van der Waals surface area (Å²) in [5.41, 5.74) is 6.71. The summed E-state index contributed by atoms with van der Waals surface area (Å²) in [6, 6.07) is 33.9. The Labute approximate surface area is 278 Å². The standard InChI is InChI=1S/C36H38N6O4S/c1-3-37-35(44)38-21-26-9-7-10-28(19-26)29-11-8-12-30(20-29)34-45-32(24(2)33(46-34)27-17-15-25(22-43)16-18-27)23-47-36-39-40-41-42(36)31-13-5-4-6-14-31/h4-20,24,32-34,43H,3,21-23H2,1-2H3,(H2,37,38,44). The van der Waals surface area contributed by atoms with E-state index in [0.717, 1.165) is 39.1 Å². The zero-order valence-electron chi connectivity index (χ0n) is 26.3. The van der Waals surface area contributed by atoms with Crippen molar-refractivity contribution >= 4 is 17.8 Å². The van der Waals surface area contributed by atoms with Crippen molar-refractivity contribution in [3.63, 3.8) is 0 Å². The van der Waals surface area contributed by atoms with Crippen LogP contribution in [0.1, 0.15) is 48.5 Å². The van der Waals surface area contributed by atoms with Crippen molar-refractivity contribution in [2.24, 2.45) is 5.92 Å². The summed E-state index contributed by atoms with van der Waals surface area (Å²) in [6.45, 7) is 5.01. The zero-order chi connectivity index (χ0) is 32.6. The molecular weight excluding hydrogens is 613 g/mol. The fourth-order valence-corrected chi connectivity index (χ4v) is 6.65. The largest absolute Gasteiger partial charge is 0.392 e. The van der Waals surface area contributed by atoms with E-state index in [1.165, 1.54) is 0 Å². The van der Waals surface area contributed by atoms with Crippen molar-refractivity contribution < 1.29 is 19.4 Å². The van der Waals surface area contributed by atoms with Gasteiger partial charge in [0, 0.05) is 30.3 Å². The van der Waals surface area contributed by atoms with Gasteiger partial charge in [0.15, 0.2) is 6.29 Å². The van der Waals surface area contributed by atoms with E-state index in [1.54, 1.807) is 16.4 Å². The summed E-state index contributed by atoms with van der Waals surface area (Å²) < 4.78 is 15.2. The third-order valence-corrected chi connectivity index (χ3v) is 9.16. The Balaban J connectivity index is 1.25. The molecule has 3 N–H and O–H groups in total. The molecule has 1 fully saturated rings.